The van der Waals surface area contributed by atoms with Crippen molar-refractivity contribution in [3.05, 3.63) is 46.4 Å². The molecule has 6 nitrogen and oxygen atoms in total. The van der Waals surface area contributed by atoms with Crippen LogP contribution >= 0.6 is 11.8 Å². The Morgan fingerprint density at radius 1 is 1.42 bits per heavy atom. The molecule has 0 saturated heterocycles. The Hall–Kier alpha value is -2.59. The number of Topliss-reactive ketones (excluding diaryl/α,β-unsaturated/α-hetero) is 1. The van der Waals surface area contributed by atoms with Gasteiger partial charge in [0.25, 0.3) is 0 Å². The third kappa shape index (κ3) is 3.84. The predicted octanol–water partition coefficient (Wildman–Crippen LogP) is 3.05. The lowest BCUT2D eigenvalue weighted by atomic mass is 10.1. The zero-order valence-corrected chi connectivity index (χ0v) is 14.5. The van der Waals surface area contributed by atoms with Crippen LogP contribution in [-0.4, -0.2) is 34.1 Å². The Kier molecular flexibility index (Phi) is 5.77. The molecule has 0 bridgehead atoms. The van der Waals surface area contributed by atoms with Crippen LogP contribution in [0.15, 0.2) is 23.4 Å². The molecule has 2 aromatic heterocycles. The van der Waals surface area contributed by atoms with Gasteiger partial charge in [-0.15, -0.1) is 0 Å². The first-order valence-electron chi connectivity index (χ1n) is 7.36. The van der Waals surface area contributed by atoms with Gasteiger partial charge in [-0.2, -0.15) is 5.26 Å². The van der Waals surface area contributed by atoms with Crippen molar-refractivity contribution in [3.63, 3.8) is 0 Å². The average Bonchev–Trinajstić information content (AvgIpc) is 2.87. The van der Waals surface area contributed by atoms with Gasteiger partial charge in [0.1, 0.15) is 0 Å². The van der Waals surface area contributed by atoms with E-state index >= 15 is 0 Å². The van der Waals surface area contributed by atoms with E-state index in [0.717, 1.165) is 0 Å². The maximum Gasteiger partial charge on any atom is 0.340 e. The number of carbonyl (C=O) groups excluding carboxylic acids is 2. The van der Waals surface area contributed by atoms with Gasteiger partial charge in [-0.05, 0) is 38.5 Å². The number of ether oxygens (including phenoxy) is 1. The summed E-state index contributed by atoms with van der Waals surface area (Å²) in [5.74, 6) is -0.413. The summed E-state index contributed by atoms with van der Waals surface area (Å²) in [5, 5.41) is 9.49. The number of hydrogen-bond donors (Lipinski definition) is 1. The number of hydrogen-bond acceptors (Lipinski definition) is 6. The number of aromatic amines is 1. The molecule has 0 spiro atoms. The van der Waals surface area contributed by atoms with Crippen molar-refractivity contribution in [3.8, 4) is 6.07 Å². The highest BCUT2D eigenvalue weighted by Crippen LogP contribution is 2.23. The molecule has 0 unspecified atom stereocenters. The molecule has 0 fully saturated rings. The Morgan fingerprint density at radius 2 is 2.17 bits per heavy atom. The first-order chi connectivity index (χ1) is 11.5. The van der Waals surface area contributed by atoms with Crippen LogP contribution in [0, 0.1) is 25.2 Å². The van der Waals surface area contributed by atoms with Gasteiger partial charge in [-0.25, -0.2) is 9.78 Å². The van der Waals surface area contributed by atoms with Crippen LogP contribution in [0.5, 0.6) is 0 Å². The summed E-state index contributed by atoms with van der Waals surface area (Å²) in [4.78, 5) is 31.5. The fourth-order valence-corrected chi connectivity index (χ4v) is 3.08. The van der Waals surface area contributed by atoms with Crippen LogP contribution in [0.25, 0.3) is 0 Å². The summed E-state index contributed by atoms with van der Waals surface area (Å²) in [6.45, 7) is 5.48. The van der Waals surface area contributed by atoms with Crippen LogP contribution in [-0.2, 0) is 4.74 Å². The van der Waals surface area contributed by atoms with Gasteiger partial charge in [0.2, 0.25) is 0 Å². The Balaban J connectivity index is 2.14. The van der Waals surface area contributed by atoms with Gasteiger partial charge < -0.3 is 9.72 Å². The second-order valence-corrected chi connectivity index (χ2v) is 6.05. The summed E-state index contributed by atoms with van der Waals surface area (Å²) in [6, 6.07) is 5.28. The molecule has 24 heavy (non-hydrogen) atoms. The number of nitrogens with one attached hydrogen (secondary N) is 1. The molecule has 0 atom stereocenters. The number of rotatable bonds is 6. The minimum absolute atomic E-state index is 0.139. The summed E-state index contributed by atoms with van der Waals surface area (Å²) in [7, 11) is 0. The third-order valence-corrected chi connectivity index (χ3v) is 4.34. The molecule has 7 heteroatoms. The SMILES string of the molecule is CCOC(=O)c1c(C)[nH]c(C(=O)CSc2cc(C#N)ccn2)c1C. The lowest BCUT2D eigenvalue weighted by Gasteiger charge is -2.03. The number of esters is 1. The second-order valence-electron chi connectivity index (χ2n) is 5.05. The molecule has 0 aliphatic carbocycles. The highest BCUT2D eigenvalue weighted by molar-refractivity contribution is 7.99. The molecule has 2 aromatic rings. The molecule has 0 saturated carbocycles. The van der Waals surface area contributed by atoms with E-state index in [4.69, 9.17) is 10.00 Å². The fraction of sp³-hybridized carbons (Fsp3) is 0.294. The van der Waals surface area contributed by atoms with Crippen molar-refractivity contribution in [2.45, 2.75) is 25.8 Å². The van der Waals surface area contributed by atoms with E-state index in [0.29, 0.717) is 33.1 Å². The predicted molar refractivity (Wildman–Crippen MR) is 90.2 cm³/mol. The minimum Gasteiger partial charge on any atom is -0.462 e. The molecule has 0 amide bonds. The first-order valence-corrected chi connectivity index (χ1v) is 8.34. The zero-order valence-electron chi connectivity index (χ0n) is 13.7. The van der Waals surface area contributed by atoms with Gasteiger partial charge in [-0.1, -0.05) is 11.8 Å². The van der Waals surface area contributed by atoms with Crippen LogP contribution < -0.4 is 0 Å². The Labute approximate surface area is 144 Å². The van der Waals surface area contributed by atoms with Gasteiger partial charge >= 0.3 is 5.97 Å². The lowest BCUT2D eigenvalue weighted by Crippen LogP contribution is -2.08. The summed E-state index contributed by atoms with van der Waals surface area (Å²) in [6.07, 6.45) is 1.54. The maximum absolute atomic E-state index is 12.4. The largest absolute Gasteiger partial charge is 0.462 e. The summed E-state index contributed by atoms with van der Waals surface area (Å²) in [5.41, 5.74) is 2.52. The molecule has 0 aliphatic heterocycles. The van der Waals surface area contributed by atoms with E-state index in [1.165, 1.54) is 18.0 Å². The van der Waals surface area contributed by atoms with E-state index < -0.39 is 5.97 Å². The fourth-order valence-electron chi connectivity index (χ4n) is 2.31. The quantitative estimate of drug-likeness (QED) is 0.492. The van der Waals surface area contributed by atoms with E-state index in [-0.39, 0.29) is 18.1 Å². The molecular weight excluding hydrogens is 326 g/mol. The Morgan fingerprint density at radius 3 is 2.83 bits per heavy atom. The van der Waals surface area contributed by atoms with Crippen molar-refractivity contribution < 1.29 is 14.3 Å². The van der Waals surface area contributed by atoms with E-state index in [1.807, 2.05) is 6.07 Å². The van der Waals surface area contributed by atoms with E-state index in [1.54, 1.807) is 32.9 Å². The molecule has 0 aromatic carbocycles. The second kappa shape index (κ2) is 7.79. The maximum atomic E-state index is 12.4. The highest BCUT2D eigenvalue weighted by atomic mass is 32.2. The van der Waals surface area contributed by atoms with Crippen LogP contribution in [0.2, 0.25) is 0 Å². The number of nitriles is 1. The van der Waals surface area contributed by atoms with Gasteiger partial charge in [-0.3, -0.25) is 4.79 Å². The Bertz CT molecular complexity index is 821. The van der Waals surface area contributed by atoms with Crippen LogP contribution in [0.1, 0.15) is 44.6 Å². The van der Waals surface area contributed by atoms with Crippen molar-refractivity contribution >= 4 is 23.5 Å². The number of thioether (sulfide) groups is 1. The number of aromatic nitrogens is 2. The summed E-state index contributed by atoms with van der Waals surface area (Å²) >= 11 is 1.25. The van der Waals surface area contributed by atoms with E-state index in [9.17, 15) is 9.59 Å². The average molecular weight is 343 g/mol. The van der Waals surface area contributed by atoms with Crippen LogP contribution in [0.4, 0.5) is 0 Å². The summed E-state index contributed by atoms with van der Waals surface area (Å²) < 4.78 is 5.02. The number of ketones is 1. The number of H-pyrrole nitrogens is 1. The standard InChI is InChI=1S/C17H17N3O3S/c1-4-23-17(22)15-10(2)16(20-11(15)3)13(21)9-24-14-7-12(8-18)5-6-19-14/h5-7,20H,4,9H2,1-3H3. The number of aryl methyl sites for hydroxylation is 1. The molecule has 0 radical (unpaired) electrons. The van der Waals surface area contributed by atoms with Crippen molar-refractivity contribution in [2.24, 2.45) is 0 Å². The monoisotopic (exact) mass is 343 g/mol. The van der Waals surface area contributed by atoms with Gasteiger partial charge in [0.15, 0.2) is 5.78 Å². The molecule has 1 N–H and O–H groups in total. The van der Waals surface area contributed by atoms with Crippen molar-refractivity contribution in [2.75, 3.05) is 12.4 Å². The minimum atomic E-state index is -0.432. The van der Waals surface area contributed by atoms with Crippen LogP contribution in [0.3, 0.4) is 0 Å². The van der Waals surface area contributed by atoms with Gasteiger partial charge in [0.05, 0.1) is 40.3 Å². The lowest BCUT2D eigenvalue weighted by molar-refractivity contribution is 0.0525. The third-order valence-electron chi connectivity index (χ3n) is 3.41. The number of pyridine rings is 1. The zero-order chi connectivity index (χ0) is 17.7. The number of nitrogens with zero attached hydrogens (tertiary/aromatic N) is 2. The molecule has 2 heterocycles. The molecule has 0 aliphatic rings. The highest BCUT2D eigenvalue weighted by Gasteiger charge is 2.22. The molecule has 2 rings (SSSR count). The van der Waals surface area contributed by atoms with Crippen molar-refractivity contribution in [1.29, 1.82) is 5.26 Å². The molecular formula is C17H17N3O3S. The smallest absolute Gasteiger partial charge is 0.340 e. The first kappa shape index (κ1) is 17.8. The van der Waals surface area contributed by atoms with E-state index in [2.05, 4.69) is 9.97 Å². The van der Waals surface area contributed by atoms with Crippen molar-refractivity contribution in [1.82, 2.24) is 9.97 Å². The topological polar surface area (TPSA) is 95.8 Å². The normalized spacial score (nSPS) is 10.2. The number of carbonyl (C=O) groups is 2. The van der Waals surface area contributed by atoms with Gasteiger partial charge in [0, 0.05) is 11.9 Å². The molecule has 124 valence electrons.